The van der Waals surface area contributed by atoms with Gasteiger partial charge in [-0.25, -0.2) is 17.9 Å². The maximum atomic E-state index is 14.2. The summed E-state index contributed by atoms with van der Waals surface area (Å²) in [5.74, 6) is -1.79. The van der Waals surface area contributed by atoms with Crippen LogP contribution in [-0.2, 0) is 21.1 Å². The van der Waals surface area contributed by atoms with Crippen molar-refractivity contribution in [2.45, 2.75) is 44.8 Å². The van der Waals surface area contributed by atoms with Gasteiger partial charge in [0.15, 0.2) is 11.7 Å². The van der Waals surface area contributed by atoms with E-state index in [4.69, 9.17) is 0 Å². The predicted octanol–water partition coefficient (Wildman–Crippen LogP) is 4.01. The van der Waals surface area contributed by atoms with Gasteiger partial charge in [-0.2, -0.15) is 18.3 Å². The largest absolute Gasteiger partial charge is 0.413 e. The number of nitrogens with zero attached hydrogens (tertiary/aromatic N) is 5. The summed E-state index contributed by atoms with van der Waals surface area (Å²) in [6.07, 6.45) is -1.17. The number of carbonyl (C=O) groups is 1. The molecule has 0 bridgehead atoms. The average Bonchev–Trinajstić information content (AvgIpc) is 3.24. The minimum Gasteiger partial charge on any atom is -0.339 e. The van der Waals surface area contributed by atoms with Crippen molar-refractivity contribution in [1.82, 2.24) is 19.5 Å². The Morgan fingerprint density at radius 3 is 2.49 bits per heavy atom. The molecule has 2 aromatic heterocycles. The Balaban J connectivity index is 1.41. The van der Waals surface area contributed by atoms with Crippen LogP contribution >= 0.6 is 0 Å². The fourth-order valence-corrected chi connectivity index (χ4v) is 6.85. The predicted molar refractivity (Wildman–Crippen MR) is 132 cm³/mol. The van der Waals surface area contributed by atoms with Crippen LogP contribution in [0.4, 0.5) is 24.5 Å². The zero-order chi connectivity index (χ0) is 26.5. The molecule has 1 amide bonds. The van der Waals surface area contributed by atoms with E-state index >= 15 is 0 Å². The van der Waals surface area contributed by atoms with Crippen molar-refractivity contribution in [3.63, 3.8) is 0 Å². The van der Waals surface area contributed by atoms with Crippen LogP contribution in [0.25, 0.3) is 5.65 Å². The third kappa shape index (κ3) is 4.90. The second-order valence-corrected chi connectivity index (χ2v) is 12.1. The topological polar surface area (TPSA) is 87.9 Å². The van der Waals surface area contributed by atoms with Crippen molar-refractivity contribution in [2.75, 3.05) is 30.0 Å². The molecule has 0 radical (unpaired) electrons. The first-order valence-electron chi connectivity index (χ1n) is 12.2. The maximum Gasteiger partial charge on any atom is 0.413 e. The standard InChI is InChI=1S/C25H28F3N5O3S/c1-16-14-22-29-15-21-20(33(22)30-16)4-3-11-32(21)19-7-5-17(6-8-19)23(25(26,27)28)31(2)24(34)18-9-12-37(35,36)13-10-18/h5-8,14-15,18,23H,3-4,9-13H2,1-2H3/t23-/m0/s1. The number of alkyl halides is 3. The summed E-state index contributed by atoms with van der Waals surface area (Å²) in [5, 5.41) is 4.53. The number of sulfone groups is 1. The van der Waals surface area contributed by atoms with Gasteiger partial charge in [0.1, 0.15) is 9.84 Å². The van der Waals surface area contributed by atoms with E-state index in [9.17, 15) is 26.4 Å². The van der Waals surface area contributed by atoms with Crippen LogP contribution in [0.2, 0.25) is 0 Å². The van der Waals surface area contributed by atoms with E-state index in [-0.39, 0.29) is 29.9 Å². The molecule has 2 aliphatic rings. The lowest BCUT2D eigenvalue weighted by atomic mass is 9.98. The van der Waals surface area contributed by atoms with E-state index < -0.39 is 33.9 Å². The van der Waals surface area contributed by atoms with Crippen LogP contribution < -0.4 is 4.90 Å². The zero-order valence-electron chi connectivity index (χ0n) is 20.6. The molecule has 1 fully saturated rings. The first kappa shape index (κ1) is 25.5. The SMILES string of the molecule is Cc1cc2ncc3c(n2n1)CCCN3c1ccc([C@H](N(C)C(=O)C2CCS(=O)(=O)CC2)C(F)(F)F)cc1. The van der Waals surface area contributed by atoms with E-state index in [1.54, 1.807) is 18.3 Å². The first-order chi connectivity index (χ1) is 17.4. The molecular formula is C25H28F3N5O3S. The minimum atomic E-state index is -4.70. The lowest BCUT2D eigenvalue weighted by Gasteiger charge is -2.34. The molecule has 0 unspecified atom stereocenters. The van der Waals surface area contributed by atoms with Crippen molar-refractivity contribution in [2.24, 2.45) is 5.92 Å². The van der Waals surface area contributed by atoms with Gasteiger partial charge >= 0.3 is 6.18 Å². The zero-order valence-corrected chi connectivity index (χ0v) is 21.4. The van der Waals surface area contributed by atoms with E-state index in [0.717, 1.165) is 48.3 Å². The Kier molecular flexibility index (Phi) is 6.41. The molecule has 0 aliphatic carbocycles. The lowest BCUT2D eigenvalue weighted by Crippen LogP contribution is -2.44. The Bertz CT molecular complexity index is 1420. The second kappa shape index (κ2) is 9.30. The van der Waals surface area contributed by atoms with Gasteiger partial charge in [-0.15, -0.1) is 0 Å². The molecule has 5 rings (SSSR count). The third-order valence-corrected chi connectivity index (χ3v) is 8.95. The minimum absolute atomic E-state index is 0.0421. The van der Waals surface area contributed by atoms with Crippen LogP contribution in [0.15, 0.2) is 36.5 Å². The Morgan fingerprint density at radius 1 is 1.16 bits per heavy atom. The summed E-state index contributed by atoms with van der Waals surface area (Å²) < 4.78 is 67.8. The molecule has 8 nitrogen and oxygen atoms in total. The Morgan fingerprint density at radius 2 is 1.84 bits per heavy atom. The van der Waals surface area contributed by atoms with Crippen molar-refractivity contribution < 1.29 is 26.4 Å². The van der Waals surface area contributed by atoms with E-state index in [2.05, 4.69) is 10.1 Å². The van der Waals surface area contributed by atoms with Crippen molar-refractivity contribution in [3.8, 4) is 0 Å². The number of aromatic nitrogens is 3. The van der Waals surface area contributed by atoms with Gasteiger partial charge in [-0.1, -0.05) is 12.1 Å². The molecular weight excluding hydrogens is 507 g/mol. The van der Waals surface area contributed by atoms with Crippen molar-refractivity contribution in [1.29, 1.82) is 0 Å². The van der Waals surface area contributed by atoms with Gasteiger partial charge in [0.05, 0.1) is 34.8 Å². The fraction of sp³-hybridized carbons (Fsp3) is 0.480. The van der Waals surface area contributed by atoms with Crippen LogP contribution in [0, 0.1) is 12.8 Å². The number of anilines is 2. The highest BCUT2D eigenvalue weighted by molar-refractivity contribution is 7.91. The number of hydrogen-bond donors (Lipinski definition) is 0. The molecule has 12 heteroatoms. The molecule has 3 aromatic rings. The van der Waals surface area contributed by atoms with Crippen molar-refractivity contribution >= 4 is 32.8 Å². The van der Waals surface area contributed by atoms with Gasteiger partial charge in [0.2, 0.25) is 5.91 Å². The molecule has 0 N–H and O–H groups in total. The number of carbonyl (C=O) groups excluding carboxylic acids is 1. The average molecular weight is 536 g/mol. The van der Waals surface area contributed by atoms with Crippen molar-refractivity contribution in [3.05, 3.63) is 53.5 Å². The molecule has 198 valence electrons. The van der Waals surface area contributed by atoms with Crippen LogP contribution in [0.3, 0.4) is 0 Å². The summed E-state index contributed by atoms with van der Waals surface area (Å²) in [6, 6.07) is 5.84. The highest BCUT2D eigenvalue weighted by Crippen LogP contribution is 2.40. The van der Waals surface area contributed by atoms with Gasteiger partial charge in [0, 0.05) is 31.3 Å². The summed E-state index contributed by atoms with van der Waals surface area (Å²) in [4.78, 5) is 20.2. The van der Waals surface area contributed by atoms with E-state index in [1.165, 1.54) is 12.1 Å². The summed E-state index contributed by atoms with van der Waals surface area (Å²) in [7, 11) is -2.09. The molecule has 37 heavy (non-hydrogen) atoms. The first-order valence-corrected chi connectivity index (χ1v) is 14.0. The highest BCUT2D eigenvalue weighted by Gasteiger charge is 2.46. The molecule has 1 saturated heterocycles. The summed E-state index contributed by atoms with van der Waals surface area (Å²) in [5.41, 5.74) is 4.15. The summed E-state index contributed by atoms with van der Waals surface area (Å²) >= 11 is 0. The number of hydrogen-bond acceptors (Lipinski definition) is 6. The van der Waals surface area contributed by atoms with Gasteiger partial charge < -0.3 is 9.80 Å². The number of benzene rings is 1. The monoisotopic (exact) mass is 535 g/mol. The molecule has 0 saturated carbocycles. The van der Waals surface area contributed by atoms with Gasteiger partial charge in [-0.3, -0.25) is 4.79 Å². The number of aryl methyl sites for hydroxylation is 2. The third-order valence-electron chi connectivity index (χ3n) is 7.24. The quantitative estimate of drug-likeness (QED) is 0.502. The summed E-state index contributed by atoms with van der Waals surface area (Å²) in [6.45, 7) is 2.58. The number of halogens is 3. The highest BCUT2D eigenvalue weighted by atomic mass is 32.2. The van der Waals surface area contributed by atoms with E-state index in [1.807, 2.05) is 22.4 Å². The van der Waals surface area contributed by atoms with Crippen LogP contribution in [0.5, 0.6) is 0 Å². The lowest BCUT2D eigenvalue weighted by molar-refractivity contribution is -0.190. The number of fused-ring (bicyclic) bond motifs is 3. The van der Waals surface area contributed by atoms with E-state index in [0.29, 0.717) is 11.4 Å². The normalized spacial score (nSPS) is 19.0. The van der Waals surface area contributed by atoms with Gasteiger partial charge in [0.25, 0.3) is 0 Å². The molecule has 4 heterocycles. The van der Waals surface area contributed by atoms with Crippen LogP contribution in [-0.4, -0.2) is 65.1 Å². The Labute approximate surface area is 213 Å². The molecule has 1 atom stereocenters. The maximum absolute atomic E-state index is 14.2. The second-order valence-electron chi connectivity index (χ2n) is 9.81. The molecule has 2 aliphatic heterocycles. The number of rotatable bonds is 4. The fourth-order valence-electron chi connectivity index (χ4n) is 5.36. The number of amides is 1. The molecule has 0 spiro atoms. The Hall–Kier alpha value is -3.15. The smallest absolute Gasteiger partial charge is 0.339 e. The van der Waals surface area contributed by atoms with Crippen LogP contribution in [0.1, 0.15) is 42.3 Å². The van der Waals surface area contributed by atoms with Gasteiger partial charge in [-0.05, 0) is 50.3 Å². The molecule has 1 aromatic carbocycles.